The van der Waals surface area contributed by atoms with E-state index < -0.39 is 0 Å². The number of hydrogen-bond acceptors (Lipinski definition) is 4. The van der Waals surface area contributed by atoms with Gasteiger partial charge in [0, 0.05) is 51.5 Å². The van der Waals surface area contributed by atoms with Gasteiger partial charge < -0.3 is 10.5 Å². The molecule has 0 radical (unpaired) electrons. The molecule has 2 N–H and O–H groups in total. The van der Waals surface area contributed by atoms with Gasteiger partial charge >= 0.3 is 0 Å². The number of piperazine rings is 1. The standard InChI is InChI=1S/C14H29N3O/c1-14(12-15,6-10-18-2)17-9-8-16-7-4-3-5-13(16)11-17/h13H,3-12,15H2,1-2H3. The summed E-state index contributed by atoms with van der Waals surface area (Å²) in [6.45, 7) is 8.70. The first-order chi connectivity index (χ1) is 8.69. The Morgan fingerprint density at radius 3 is 2.83 bits per heavy atom. The van der Waals surface area contributed by atoms with Gasteiger partial charge in [-0.3, -0.25) is 9.80 Å². The van der Waals surface area contributed by atoms with Gasteiger partial charge in [0.2, 0.25) is 0 Å². The van der Waals surface area contributed by atoms with E-state index in [4.69, 9.17) is 10.5 Å². The SMILES string of the molecule is COCCC(C)(CN)N1CCN2CCCCC2C1. The molecule has 0 aromatic carbocycles. The van der Waals surface area contributed by atoms with E-state index in [0.29, 0.717) is 0 Å². The van der Waals surface area contributed by atoms with Crippen LogP contribution in [0.15, 0.2) is 0 Å². The van der Waals surface area contributed by atoms with Crippen molar-refractivity contribution >= 4 is 0 Å². The van der Waals surface area contributed by atoms with Gasteiger partial charge in [-0.1, -0.05) is 6.42 Å². The molecule has 2 fully saturated rings. The molecule has 0 aliphatic carbocycles. The summed E-state index contributed by atoms with van der Waals surface area (Å²) in [7, 11) is 1.77. The molecule has 18 heavy (non-hydrogen) atoms. The minimum atomic E-state index is 0.111. The van der Waals surface area contributed by atoms with Gasteiger partial charge in [-0.15, -0.1) is 0 Å². The zero-order valence-electron chi connectivity index (χ0n) is 12.0. The average Bonchev–Trinajstić information content (AvgIpc) is 2.44. The molecule has 0 aromatic rings. The number of hydrogen-bond donors (Lipinski definition) is 1. The molecule has 4 nitrogen and oxygen atoms in total. The summed E-state index contributed by atoms with van der Waals surface area (Å²) in [5, 5.41) is 0. The van der Waals surface area contributed by atoms with Crippen molar-refractivity contribution < 1.29 is 4.74 Å². The normalized spacial score (nSPS) is 29.8. The van der Waals surface area contributed by atoms with Crippen LogP contribution >= 0.6 is 0 Å². The van der Waals surface area contributed by atoms with Crippen molar-refractivity contribution in [2.45, 2.75) is 44.2 Å². The second kappa shape index (κ2) is 6.33. The van der Waals surface area contributed by atoms with Gasteiger partial charge in [0.1, 0.15) is 0 Å². The maximum atomic E-state index is 6.04. The predicted octanol–water partition coefficient (Wildman–Crippen LogP) is 0.910. The first-order valence-corrected chi connectivity index (χ1v) is 7.38. The van der Waals surface area contributed by atoms with E-state index in [1.807, 2.05) is 0 Å². The van der Waals surface area contributed by atoms with Crippen molar-refractivity contribution in [2.24, 2.45) is 5.73 Å². The fraction of sp³-hybridized carbons (Fsp3) is 1.00. The molecule has 2 unspecified atom stereocenters. The summed E-state index contributed by atoms with van der Waals surface area (Å²) in [5.41, 5.74) is 6.15. The largest absolute Gasteiger partial charge is 0.385 e. The zero-order chi connectivity index (χ0) is 13.0. The smallest absolute Gasteiger partial charge is 0.0480 e. The maximum absolute atomic E-state index is 6.04. The minimum Gasteiger partial charge on any atom is -0.385 e. The quantitative estimate of drug-likeness (QED) is 0.793. The van der Waals surface area contributed by atoms with Crippen LogP contribution in [-0.2, 0) is 4.74 Å². The molecule has 2 aliphatic rings. The van der Waals surface area contributed by atoms with E-state index in [9.17, 15) is 0 Å². The second-order valence-electron chi connectivity index (χ2n) is 6.08. The molecule has 4 heteroatoms. The van der Waals surface area contributed by atoms with E-state index in [-0.39, 0.29) is 5.54 Å². The van der Waals surface area contributed by atoms with Crippen molar-refractivity contribution in [3.63, 3.8) is 0 Å². The Kier molecular flexibility index (Phi) is 5.01. The number of nitrogens with zero attached hydrogens (tertiary/aromatic N) is 2. The van der Waals surface area contributed by atoms with Gasteiger partial charge in [-0.2, -0.15) is 0 Å². The van der Waals surface area contributed by atoms with E-state index in [2.05, 4.69) is 16.7 Å². The van der Waals surface area contributed by atoms with Crippen molar-refractivity contribution in [3.8, 4) is 0 Å². The van der Waals surface area contributed by atoms with Crippen molar-refractivity contribution in [3.05, 3.63) is 0 Å². The van der Waals surface area contributed by atoms with Crippen molar-refractivity contribution in [2.75, 3.05) is 46.4 Å². The van der Waals surface area contributed by atoms with Crippen LogP contribution < -0.4 is 5.73 Å². The van der Waals surface area contributed by atoms with Gasteiger partial charge in [-0.05, 0) is 32.7 Å². The highest BCUT2D eigenvalue weighted by Gasteiger charge is 2.37. The van der Waals surface area contributed by atoms with Crippen LogP contribution in [0.1, 0.15) is 32.6 Å². The lowest BCUT2D eigenvalue weighted by atomic mass is 9.91. The molecule has 0 aromatic heterocycles. The lowest BCUT2D eigenvalue weighted by Gasteiger charge is -2.50. The molecule has 2 rings (SSSR count). The van der Waals surface area contributed by atoms with Crippen LogP contribution in [0.25, 0.3) is 0 Å². The molecule has 2 atom stereocenters. The Bertz CT molecular complexity index is 261. The van der Waals surface area contributed by atoms with Crippen LogP contribution in [0, 0.1) is 0 Å². The third-order valence-corrected chi connectivity index (χ3v) is 4.89. The number of rotatable bonds is 5. The topological polar surface area (TPSA) is 41.7 Å². The summed E-state index contributed by atoms with van der Waals surface area (Å²) >= 11 is 0. The lowest BCUT2D eigenvalue weighted by Crippen LogP contribution is -2.63. The Hall–Kier alpha value is -0.160. The van der Waals surface area contributed by atoms with Gasteiger partial charge in [0.05, 0.1) is 0 Å². The summed E-state index contributed by atoms with van der Waals surface area (Å²) < 4.78 is 5.24. The molecule has 0 amide bonds. The van der Waals surface area contributed by atoms with E-state index >= 15 is 0 Å². The number of ether oxygens (including phenoxy) is 1. The third-order valence-electron chi connectivity index (χ3n) is 4.89. The van der Waals surface area contributed by atoms with Gasteiger partial charge in [-0.25, -0.2) is 0 Å². The number of methoxy groups -OCH3 is 1. The number of nitrogens with two attached hydrogens (primary N) is 1. The predicted molar refractivity (Wildman–Crippen MR) is 74.7 cm³/mol. The minimum absolute atomic E-state index is 0.111. The molecule has 2 saturated heterocycles. The fourth-order valence-electron chi connectivity index (χ4n) is 3.36. The highest BCUT2D eigenvalue weighted by molar-refractivity contribution is 4.94. The second-order valence-corrected chi connectivity index (χ2v) is 6.08. The number of piperidine rings is 1. The molecular weight excluding hydrogens is 226 g/mol. The summed E-state index contributed by atoms with van der Waals surface area (Å²) in [5.74, 6) is 0. The van der Waals surface area contributed by atoms with E-state index in [1.165, 1.54) is 38.9 Å². The lowest BCUT2D eigenvalue weighted by molar-refractivity contribution is -0.0152. The average molecular weight is 255 g/mol. The van der Waals surface area contributed by atoms with Crippen molar-refractivity contribution in [1.82, 2.24) is 9.80 Å². The van der Waals surface area contributed by atoms with E-state index in [0.717, 1.165) is 32.2 Å². The van der Waals surface area contributed by atoms with E-state index in [1.54, 1.807) is 7.11 Å². The van der Waals surface area contributed by atoms with Crippen LogP contribution in [0.4, 0.5) is 0 Å². The highest BCUT2D eigenvalue weighted by atomic mass is 16.5. The van der Waals surface area contributed by atoms with Crippen LogP contribution in [0.2, 0.25) is 0 Å². The molecular formula is C14H29N3O. The first-order valence-electron chi connectivity index (χ1n) is 7.38. The monoisotopic (exact) mass is 255 g/mol. The molecule has 2 heterocycles. The molecule has 0 saturated carbocycles. The summed E-state index contributed by atoms with van der Waals surface area (Å²) in [6, 6.07) is 0.765. The van der Waals surface area contributed by atoms with Crippen molar-refractivity contribution in [1.29, 1.82) is 0 Å². The van der Waals surface area contributed by atoms with Crippen LogP contribution in [0.5, 0.6) is 0 Å². The van der Waals surface area contributed by atoms with Crippen LogP contribution in [0.3, 0.4) is 0 Å². The summed E-state index contributed by atoms with van der Waals surface area (Å²) in [6.07, 6.45) is 5.18. The summed E-state index contributed by atoms with van der Waals surface area (Å²) in [4.78, 5) is 5.28. The zero-order valence-corrected chi connectivity index (χ0v) is 12.0. The Morgan fingerprint density at radius 1 is 1.28 bits per heavy atom. The molecule has 2 aliphatic heterocycles. The maximum Gasteiger partial charge on any atom is 0.0480 e. The van der Waals surface area contributed by atoms with Gasteiger partial charge in [0.25, 0.3) is 0 Å². The molecule has 0 bridgehead atoms. The number of fused-ring (bicyclic) bond motifs is 1. The van der Waals surface area contributed by atoms with Gasteiger partial charge in [0.15, 0.2) is 0 Å². The Labute approximate surface area is 111 Å². The third kappa shape index (κ3) is 3.05. The molecule has 0 spiro atoms. The Morgan fingerprint density at radius 2 is 2.11 bits per heavy atom. The van der Waals surface area contributed by atoms with Crippen LogP contribution in [-0.4, -0.2) is 67.8 Å². The highest BCUT2D eigenvalue weighted by Crippen LogP contribution is 2.27. The first kappa shape index (κ1) is 14.3. The molecule has 106 valence electrons. The fourth-order valence-corrected chi connectivity index (χ4v) is 3.36. The Balaban J connectivity index is 1.95.